The number of nitrogens with zero attached hydrogens (tertiary/aromatic N) is 2. The van der Waals surface area contributed by atoms with E-state index in [0.29, 0.717) is 0 Å². The van der Waals surface area contributed by atoms with Crippen LogP contribution in [0.1, 0.15) is 26.7 Å². The average molecular weight is 350 g/mol. The van der Waals surface area contributed by atoms with E-state index >= 15 is 0 Å². The van der Waals surface area contributed by atoms with Gasteiger partial charge in [-0.15, -0.1) is 4.41 Å². The number of halogens is 3. The van der Waals surface area contributed by atoms with Gasteiger partial charge >= 0.3 is 6.18 Å². The standard InChI is InChI=1S/C14H17F3N2O3S/c1-10(2)8-11-9-13(20,14(15,16)17)19(18-11)23(21,22)12-6-4-3-5-7-12/h3-7,10,20H,8-9H2,1-2H3/t13-/m0/s1. The summed E-state index contributed by atoms with van der Waals surface area (Å²) in [7, 11) is -4.62. The van der Waals surface area contributed by atoms with Gasteiger partial charge in [-0.05, 0) is 24.5 Å². The second-order valence-electron chi connectivity index (χ2n) is 5.82. The van der Waals surface area contributed by atoms with Gasteiger partial charge < -0.3 is 5.11 Å². The number of hydrogen-bond acceptors (Lipinski definition) is 4. The fourth-order valence-corrected chi connectivity index (χ4v) is 3.83. The van der Waals surface area contributed by atoms with Crippen LogP contribution in [0.5, 0.6) is 0 Å². The molecule has 0 fully saturated rings. The van der Waals surface area contributed by atoms with Gasteiger partial charge in [0.05, 0.1) is 4.90 Å². The second-order valence-corrected chi connectivity index (χ2v) is 7.58. The van der Waals surface area contributed by atoms with Crippen molar-refractivity contribution in [1.29, 1.82) is 0 Å². The van der Waals surface area contributed by atoms with E-state index in [1.54, 1.807) is 13.8 Å². The maximum absolute atomic E-state index is 13.3. The molecule has 1 N–H and O–H groups in total. The van der Waals surface area contributed by atoms with E-state index in [0.717, 1.165) is 12.1 Å². The van der Waals surface area contributed by atoms with Crippen LogP contribution in [0, 0.1) is 5.92 Å². The minimum atomic E-state index is -5.17. The minimum Gasteiger partial charge on any atom is -0.361 e. The first-order chi connectivity index (χ1) is 10.5. The Morgan fingerprint density at radius 2 is 1.87 bits per heavy atom. The first-order valence-corrected chi connectivity index (χ1v) is 8.38. The fraction of sp³-hybridized carbons (Fsp3) is 0.500. The molecule has 0 spiro atoms. The van der Waals surface area contributed by atoms with Gasteiger partial charge in [0.1, 0.15) is 0 Å². The maximum Gasteiger partial charge on any atom is 0.439 e. The lowest BCUT2D eigenvalue weighted by Crippen LogP contribution is -2.56. The molecular weight excluding hydrogens is 333 g/mol. The van der Waals surface area contributed by atoms with E-state index in [1.807, 2.05) is 0 Å². The lowest BCUT2D eigenvalue weighted by Gasteiger charge is -2.33. The van der Waals surface area contributed by atoms with Crippen LogP contribution in [-0.4, -0.2) is 35.6 Å². The molecule has 5 nitrogen and oxygen atoms in total. The average Bonchev–Trinajstić information content (AvgIpc) is 2.77. The predicted molar refractivity (Wildman–Crippen MR) is 78.0 cm³/mol. The predicted octanol–water partition coefficient (Wildman–Crippen LogP) is 2.73. The van der Waals surface area contributed by atoms with Crippen molar-refractivity contribution in [2.24, 2.45) is 11.0 Å². The molecule has 128 valence electrons. The summed E-state index contributed by atoms with van der Waals surface area (Å²) in [6.45, 7) is 3.53. The Labute approximate surface area is 132 Å². The molecule has 1 heterocycles. The number of rotatable bonds is 4. The van der Waals surface area contributed by atoms with Gasteiger partial charge in [-0.3, -0.25) is 0 Å². The molecule has 1 aliphatic heterocycles. The Morgan fingerprint density at radius 1 is 1.30 bits per heavy atom. The highest BCUT2D eigenvalue weighted by molar-refractivity contribution is 7.89. The van der Waals surface area contributed by atoms with Crippen molar-refractivity contribution < 1.29 is 26.7 Å². The molecule has 1 aromatic rings. The molecule has 0 aliphatic carbocycles. The zero-order chi connectivity index (χ0) is 17.5. The molecule has 1 aliphatic rings. The van der Waals surface area contributed by atoms with Gasteiger partial charge in [-0.1, -0.05) is 32.0 Å². The monoisotopic (exact) mass is 350 g/mol. The lowest BCUT2D eigenvalue weighted by atomic mass is 10.00. The Bertz CT molecular complexity index is 702. The van der Waals surface area contributed by atoms with Crippen LogP contribution in [0.2, 0.25) is 0 Å². The summed E-state index contributed by atoms with van der Waals surface area (Å²) in [5, 5.41) is 13.7. The van der Waals surface area contributed by atoms with E-state index in [-0.39, 0.29) is 27.4 Å². The first kappa shape index (κ1) is 17.7. The number of benzene rings is 1. The highest BCUT2D eigenvalue weighted by Crippen LogP contribution is 2.43. The Hall–Kier alpha value is -1.61. The van der Waals surface area contributed by atoms with Gasteiger partial charge in [0.15, 0.2) is 0 Å². The molecule has 1 aromatic carbocycles. The third kappa shape index (κ3) is 3.20. The van der Waals surface area contributed by atoms with E-state index in [1.165, 1.54) is 18.2 Å². The van der Waals surface area contributed by atoms with Gasteiger partial charge in [0.25, 0.3) is 15.7 Å². The van der Waals surface area contributed by atoms with Crippen LogP contribution in [0.3, 0.4) is 0 Å². The van der Waals surface area contributed by atoms with E-state index < -0.39 is 28.3 Å². The highest BCUT2D eigenvalue weighted by atomic mass is 32.2. The summed E-state index contributed by atoms with van der Waals surface area (Å²) < 4.78 is 64.7. The van der Waals surface area contributed by atoms with Crippen molar-refractivity contribution in [1.82, 2.24) is 4.41 Å². The van der Waals surface area contributed by atoms with Gasteiger partial charge in [-0.25, -0.2) is 0 Å². The second kappa shape index (κ2) is 5.79. The number of sulfonamides is 1. The maximum atomic E-state index is 13.3. The van der Waals surface area contributed by atoms with Crippen molar-refractivity contribution in [2.75, 3.05) is 0 Å². The summed E-state index contributed by atoms with van der Waals surface area (Å²) in [6, 6.07) is 6.61. The molecular formula is C14H17F3N2O3S. The zero-order valence-corrected chi connectivity index (χ0v) is 13.4. The molecule has 0 aromatic heterocycles. The zero-order valence-electron chi connectivity index (χ0n) is 12.6. The number of aliphatic hydroxyl groups is 1. The molecule has 23 heavy (non-hydrogen) atoms. The number of hydrazone groups is 1. The number of hydrogen-bond donors (Lipinski definition) is 1. The third-order valence-electron chi connectivity index (χ3n) is 3.37. The van der Waals surface area contributed by atoms with Crippen LogP contribution in [0.25, 0.3) is 0 Å². The summed E-state index contributed by atoms with van der Waals surface area (Å²) in [5.74, 6) is -0.0226. The summed E-state index contributed by atoms with van der Waals surface area (Å²) in [5.41, 5.74) is -3.56. The van der Waals surface area contributed by atoms with E-state index in [4.69, 9.17) is 0 Å². The van der Waals surface area contributed by atoms with E-state index in [2.05, 4.69) is 5.10 Å². The summed E-state index contributed by atoms with van der Waals surface area (Å²) in [6.07, 6.45) is -5.89. The quantitative estimate of drug-likeness (QED) is 0.908. The lowest BCUT2D eigenvalue weighted by molar-refractivity contribution is -0.291. The Balaban J connectivity index is 2.52. The van der Waals surface area contributed by atoms with Crippen molar-refractivity contribution in [3.63, 3.8) is 0 Å². The number of alkyl halides is 3. The van der Waals surface area contributed by atoms with E-state index in [9.17, 15) is 26.7 Å². The van der Waals surface area contributed by atoms with Gasteiger partial charge in [-0.2, -0.15) is 26.7 Å². The minimum absolute atomic E-state index is 0.000619. The SMILES string of the molecule is CC(C)CC1=NN(S(=O)(=O)c2ccccc2)[C@@](O)(C(F)(F)F)C1. The topological polar surface area (TPSA) is 70.0 Å². The smallest absolute Gasteiger partial charge is 0.361 e. The third-order valence-corrected chi connectivity index (χ3v) is 5.07. The van der Waals surface area contributed by atoms with Crippen LogP contribution < -0.4 is 0 Å². The molecule has 0 bridgehead atoms. The molecule has 0 saturated heterocycles. The molecule has 0 radical (unpaired) electrons. The first-order valence-electron chi connectivity index (χ1n) is 6.94. The summed E-state index contributed by atoms with van der Waals surface area (Å²) >= 11 is 0. The van der Waals surface area contributed by atoms with Crippen molar-refractivity contribution >= 4 is 15.7 Å². The van der Waals surface area contributed by atoms with Crippen LogP contribution in [0.4, 0.5) is 13.2 Å². The molecule has 9 heteroatoms. The molecule has 0 unspecified atom stereocenters. The van der Waals surface area contributed by atoms with Gasteiger partial charge in [0, 0.05) is 12.1 Å². The largest absolute Gasteiger partial charge is 0.439 e. The normalized spacial score (nSPS) is 22.6. The van der Waals surface area contributed by atoms with Crippen LogP contribution >= 0.6 is 0 Å². The van der Waals surface area contributed by atoms with Crippen LogP contribution in [0.15, 0.2) is 40.3 Å². The highest BCUT2D eigenvalue weighted by Gasteiger charge is 2.64. The molecule has 1 atom stereocenters. The fourth-order valence-electron chi connectivity index (χ4n) is 2.34. The summed E-state index contributed by atoms with van der Waals surface area (Å²) in [4.78, 5) is -0.364. The van der Waals surface area contributed by atoms with Crippen LogP contribution in [-0.2, 0) is 10.0 Å². The van der Waals surface area contributed by atoms with Crippen molar-refractivity contribution in [3.8, 4) is 0 Å². The Morgan fingerprint density at radius 3 is 2.35 bits per heavy atom. The molecule has 0 saturated carbocycles. The van der Waals surface area contributed by atoms with Crippen molar-refractivity contribution in [2.45, 2.75) is 43.5 Å². The molecule has 0 amide bonds. The van der Waals surface area contributed by atoms with Crippen molar-refractivity contribution in [3.05, 3.63) is 30.3 Å². The molecule has 2 rings (SSSR count). The Kier molecular flexibility index (Phi) is 4.46. The van der Waals surface area contributed by atoms with Gasteiger partial charge in [0.2, 0.25) is 0 Å².